The van der Waals surface area contributed by atoms with Crippen LogP contribution in [0.3, 0.4) is 0 Å². The van der Waals surface area contributed by atoms with Crippen molar-refractivity contribution in [3.8, 4) is 0 Å². The third-order valence-corrected chi connectivity index (χ3v) is 0.379. The maximum absolute atomic E-state index is 5.39. The Hall–Kier alpha value is -0.160. The molecule has 0 spiro atoms. The molecule has 0 saturated carbocycles. The first-order valence-electron chi connectivity index (χ1n) is 2.38. The van der Waals surface area contributed by atoms with Crippen molar-refractivity contribution in [1.82, 2.24) is 5.17 Å². The summed E-state index contributed by atoms with van der Waals surface area (Å²) in [5, 5.41) is 1.08. The Balaban J connectivity index is 3.39. The molecule has 50 valence electrons. The predicted molar refractivity (Wildman–Crippen MR) is 31.3 cm³/mol. The largest absolute Gasteiger partial charge is 0.302 e. The molecule has 0 aliphatic carbocycles. The molecule has 0 atom stereocenters. The number of rotatable bonds is 2. The molecule has 0 saturated heterocycles. The molecular formula is C4H13N3O. The van der Waals surface area contributed by atoms with Crippen LogP contribution in [0.15, 0.2) is 0 Å². The van der Waals surface area contributed by atoms with Crippen molar-refractivity contribution in [3.63, 3.8) is 0 Å². The Kier molecular flexibility index (Phi) is 2.36. The maximum Gasteiger partial charge on any atom is 0.134 e. The van der Waals surface area contributed by atoms with Gasteiger partial charge in [0, 0.05) is 7.05 Å². The molecule has 0 aromatic carbocycles. The van der Waals surface area contributed by atoms with Crippen LogP contribution >= 0.6 is 0 Å². The highest BCUT2D eigenvalue weighted by molar-refractivity contribution is 4.52. The number of nitrogens with two attached hydrogens (primary N) is 2. The molecule has 4 N–H and O–H groups in total. The van der Waals surface area contributed by atoms with E-state index in [0.29, 0.717) is 0 Å². The molecule has 0 unspecified atom stereocenters. The molecule has 0 rings (SSSR count). The Bertz CT molecular complexity index is 66.2. The van der Waals surface area contributed by atoms with E-state index < -0.39 is 5.72 Å². The molecule has 0 bridgehead atoms. The van der Waals surface area contributed by atoms with Crippen molar-refractivity contribution in [1.29, 1.82) is 0 Å². The van der Waals surface area contributed by atoms with Crippen LogP contribution in [0.5, 0.6) is 0 Å². The van der Waals surface area contributed by atoms with Crippen molar-refractivity contribution < 1.29 is 4.84 Å². The average Bonchev–Trinajstić information content (AvgIpc) is 1.21. The van der Waals surface area contributed by atoms with E-state index in [1.54, 1.807) is 20.9 Å². The third-order valence-electron chi connectivity index (χ3n) is 0.379. The zero-order valence-electron chi connectivity index (χ0n) is 5.51. The van der Waals surface area contributed by atoms with Gasteiger partial charge in [0.15, 0.2) is 0 Å². The van der Waals surface area contributed by atoms with Gasteiger partial charge < -0.3 is 5.73 Å². The summed E-state index contributed by atoms with van der Waals surface area (Å²) in [7, 11) is 1.58. The number of hydrogen-bond acceptors (Lipinski definition) is 4. The van der Waals surface area contributed by atoms with Gasteiger partial charge in [-0.15, -0.1) is 5.17 Å². The van der Waals surface area contributed by atoms with Crippen LogP contribution in [0, 0.1) is 0 Å². The van der Waals surface area contributed by atoms with E-state index in [4.69, 9.17) is 16.4 Å². The minimum atomic E-state index is -0.677. The lowest BCUT2D eigenvalue weighted by Crippen LogP contribution is -2.43. The summed E-state index contributed by atoms with van der Waals surface area (Å²) in [5.74, 6) is 5.11. The highest BCUT2D eigenvalue weighted by Crippen LogP contribution is 1.97. The van der Waals surface area contributed by atoms with E-state index in [0.717, 1.165) is 5.17 Å². The molecule has 0 aromatic rings. The van der Waals surface area contributed by atoms with E-state index in [9.17, 15) is 0 Å². The van der Waals surface area contributed by atoms with Gasteiger partial charge in [-0.3, -0.25) is 4.84 Å². The van der Waals surface area contributed by atoms with Gasteiger partial charge in [0.1, 0.15) is 5.72 Å². The zero-order chi connectivity index (χ0) is 6.78. The smallest absolute Gasteiger partial charge is 0.134 e. The zero-order valence-corrected chi connectivity index (χ0v) is 5.51. The fourth-order valence-corrected chi connectivity index (χ4v) is 0.371. The Labute approximate surface area is 49.3 Å². The van der Waals surface area contributed by atoms with Crippen molar-refractivity contribution in [3.05, 3.63) is 0 Å². The molecule has 0 radical (unpaired) electrons. The van der Waals surface area contributed by atoms with Crippen LogP contribution in [0.4, 0.5) is 0 Å². The van der Waals surface area contributed by atoms with E-state index in [-0.39, 0.29) is 0 Å². The number of hydrazine groups is 1. The Morgan fingerprint density at radius 2 is 1.88 bits per heavy atom. The SMILES string of the molecule is CN(N)OC(C)(C)N. The maximum atomic E-state index is 5.39. The summed E-state index contributed by atoms with van der Waals surface area (Å²) in [5.41, 5.74) is 4.72. The lowest BCUT2D eigenvalue weighted by atomic mass is 10.3. The van der Waals surface area contributed by atoms with Crippen LogP contribution in [0.25, 0.3) is 0 Å². The molecule has 0 fully saturated rings. The Morgan fingerprint density at radius 1 is 1.50 bits per heavy atom. The van der Waals surface area contributed by atoms with Gasteiger partial charge in [-0.2, -0.15) is 0 Å². The lowest BCUT2D eigenvalue weighted by Gasteiger charge is -2.22. The van der Waals surface area contributed by atoms with Crippen molar-refractivity contribution in [2.24, 2.45) is 11.6 Å². The van der Waals surface area contributed by atoms with E-state index in [2.05, 4.69) is 0 Å². The summed E-state index contributed by atoms with van der Waals surface area (Å²) in [4.78, 5) is 4.83. The van der Waals surface area contributed by atoms with Gasteiger partial charge in [-0.05, 0) is 13.8 Å². The molecule has 4 heteroatoms. The monoisotopic (exact) mass is 119 g/mol. The van der Waals surface area contributed by atoms with Gasteiger partial charge >= 0.3 is 0 Å². The van der Waals surface area contributed by atoms with Crippen molar-refractivity contribution in [2.75, 3.05) is 7.05 Å². The number of hydroxylamine groups is 1. The molecule has 0 amide bonds. The van der Waals surface area contributed by atoms with Crippen LogP contribution < -0.4 is 11.6 Å². The quantitative estimate of drug-likeness (QED) is 0.290. The standard InChI is InChI=1S/C4H13N3O/c1-4(2,5)8-7(3)6/h5-6H2,1-3H3. The summed E-state index contributed by atoms with van der Waals surface area (Å²) < 4.78 is 0. The third kappa shape index (κ3) is 5.84. The van der Waals surface area contributed by atoms with E-state index in [1.165, 1.54) is 0 Å². The highest BCUT2D eigenvalue weighted by atomic mass is 16.7. The first-order chi connectivity index (χ1) is 3.42. The molecular weight excluding hydrogens is 106 g/mol. The minimum Gasteiger partial charge on any atom is -0.302 e. The van der Waals surface area contributed by atoms with E-state index >= 15 is 0 Å². The molecule has 0 aromatic heterocycles. The van der Waals surface area contributed by atoms with Crippen LogP contribution in [-0.2, 0) is 4.84 Å². The fraction of sp³-hybridized carbons (Fsp3) is 1.00. The van der Waals surface area contributed by atoms with Crippen LogP contribution in [-0.4, -0.2) is 17.9 Å². The number of hydrogen-bond donors (Lipinski definition) is 2. The molecule has 4 nitrogen and oxygen atoms in total. The first-order valence-corrected chi connectivity index (χ1v) is 2.38. The predicted octanol–water partition coefficient (Wildman–Crippen LogP) is -0.582. The normalized spacial score (nSPS) is 12.8. The molecule has 0 heterocycles. The summed E-state index contributed by atoms with van der Waals surface area (Å²) in [6.07, 6.45) is 0. The van der Waals surface area contributed by atoms with Gasteiger partial charge in [-0.1, -0.05) is 0 Å². The average molecular weight is 119 g/mol. The van der Waals surface area contributed by atoms with Crippen molar-refractivity contribution >= 4 is 0 Å². The van der Waals surface area contributed by atoms with Crippen molar-refractivity contribution in [2.45, 2.75) is 19.6 Å². The molecule has 0 aliphatic rings. The van der Waals surface area contributed by atoms with Gasteiger partial charge in [0.05, 0.1) is 0 Å². The summed E-state index contributed by atoms with van der Waals surface area (Å²) in [6, 6.07) is 0. The highest BCUT2D eigenvalue weighted by Gasteiger charge is 2.11. The van der Waals surface area contributed by atoms with Gasteiger partial charge in [0.25, 0.3) is 0 Å². The first kappa shape index (κ1) is 7.84. The van der Waals surface area contributed by atoms with Crippen LogP contribution in [0.2, 0.25) is 0 Å². The van der Waals surface area contributed by atoms with Gasteiger partial charge in [0.2, 0.25) is 0 Å². The summed E-state index contributed by atoms with van der Waals surface area (Å²) in [6.45, 7) is 3.44. The lowest BCUT2D eigenvalue weighted by molar-refractivity contribution is -0.221. The number of nitrogens with zero attached hydrogens (tertiary/aromatic N) is 1. The topological polar surface area (TPSA) is 64.5 Å². The minimum absolute atomic E-state index is 0.677. The fourth-order valence-electron chi connectivity index (χ4n) is 0.371. The summed E-state index contributed by atoms with van der Waals surface area (Å²) >= 11 is 0. The molecule has 8 heavy (non-hydrogen) atoms. The Morgan fingerprint density at radius 3 is 1.88 bits per heavy atom. The molecule has 0 aliphatic heterocycles. The second-order valence-corrected chi connectivity index (χ2v) is 2.24. The second-order valence-electron chi connectivity index (χ2n) is 2.24. The second kappa shape index (κ2) is 2.41. The van der Waals surface area contributed by atoms with Gasteiger partial charge in [-0.25, -0.2) is 5.84 Å². The van der Waals surface area contributed by atoms with Crippen LogP contribution in [0.1, 0.15) is 13.8 Å². The van der Waals surface area contributed by atoms with E-state index in [1.807, 2.05) is 0 Å².